The Morgan fingerprint density at radius 1 is 0.667 bits per heavy atom. The van der Waals surface area contributed by atoms with E-state index in [9.17, 15) is 0 Å². The zero-order valence-corrected chi connectivity index (χ0v) is 12.4. The molecule has 0 saturated heterocycles. The molecule has 2 rings (SSSR count). The minimum Gasteiger partial charge on any atom is -0.0656 e. The Kier molecular flexibility index (Phi) is 3.83. The molecular weight excluding hydrogens is 232 g/mol. The largest absolute Gasteiger partial charge is 0.0775 e. The fraction of sp³-hybridized carbons (Fsp3) is 0.176. The van der Waals surface area contributed by atoms with Crippen molar-refractivity contribution in [2.45, 2.75) is 19.6 Å². The van der Waals surface area contributed by atoms with E-state index in [2.05, 4.69) is 80.3 Å². The van der Waals surface area contributed by atoms with Crippen molar-refractivity contribution in [3.8, 4) is 0 Å². The summed E-state index contributed by atoms with van der Waals surface area (Å²) < 4.78 is 0. The predicted octanol–water partition coefficient (Wildman–Crippen LogP) is 4.40. The fourth-order valence-electron chi connectivity index (χ4n) is 1.85. The van der Waals surface area contributed by atoms with Gasteiger partial charge in [-0.05, 0) is 11.1 Å². The third-order valence-corrected chi connectivity index (χ3v) is 5.11. The van der Waals surface area contributed by atoms with Crippen LogP contribution in [0.15, 0.2) is 54.6 Å². The van der Waals surface area contributed by atoms with Gasteiger partial charge in [0.05, 0.1) is 8.07 Å². The molecule has 0 N–H and O–H groups in total. The van der Waals surface area contributed by atoms with E-state index in [1.54, 1.807) is 0 Å². The molecule has 0 bridgehead atoms. The summed E-state index contributed by atoms with van der Waals surface area (Å²) in [5.74, 6) is 0. The zero-order valence-electron chi connectivity index (χ0n) is 11.4. The van der Waals surface area contributed by atoms with Gasteiger partial charge in [-0.25, -0.2) is 0 Å². The number of benzene rings is 2. The lowest BCUT2D eigenvalue weighted by atomic mass is 10.1. The minimum atomic E-state index is -1.17. The Bertz CT molecular complexity index is 516. The average molecular weight is 252 g/mol. The van der Waals surface area contributed by atoms with Gasteiger partial charge in [0.2, 0.25) is 0 Å². The first-order valence-corrected chi connectivity index (χ1v) is 9.89. The Hall–Kier alpha value is -1.60. The molecule has 0 aliphatic rings. The Morgan fingerprint density at radius 2 is 1.17 bits per heavy atom. The molecule has 0 fully saturated rings. The zero-order chi connectivity index (χ0) is 13.0. The summed E-state index contributed by atoms with van der Waals surface area (Å²) in [4.78, 5) is 0. The molecule has 0 aliphatic heterocycles. The van der Waals surface area contributed by atoms with E-state index in [0.29, 0.717) is 0 Å². The maximum Gasteiger partial charge on any atom is 0.0775 e. The molecule has 0 nitrogen and oxygen atoms in total. The number of hydrogen-bond acceptors (Lipinski definition) is 0. The van der Waals surface area contributed by atoms with Gasteiger partial charge < -0.3 is 0 Å². The lowest BCUT2D eigenvalue weighted by Crippen LogP contribution is -2.37. The van der Waals surface area contributed by atoms with Gasteiger partial charge in [0, 0.05) is 0 Å². The lowest BCUT2D eigenvalue weighted by Gasteiger charge is -2.16. The molecule has 2 aromatic rings. The minimum absolute atomic E-state index is 1.17. The normalized spacial score (nSPS) is 11.9. The molecule has 0 aliphatic carbocycles. The third kappa shape index (κ3) is 3.44. The summed E-state index contributed by atoms with van der Waals surface area (Å²) in [7, 11) is -1.17. The van der Waals surface area contributed by atoms with Gasteiger partial charge in [-0.2, -0.15) is 0 Å². The molecule has 0 saturated carbocycles. The van der Waals surface area contributed by atoms with Crippen LogP contribution in [0.1, 0.15) is 11.1 Å². The summed E-state index contributed by atoms with van der Waals surface area (Å²) in [5, 5.41) is 1.51. The van der Waals surface area contributed by atoms with Crippen molar-refractivity contribution < 1.29 is 0 Å². The molecule has 0 unspecified atom stereocenters. The van der Waals surface area contributed by atoms with Crippen molar-refractivity contribution >= 4 is 25.4 Å². The van der Waals surface area contributed by atoms with Crippen LogP contribution in [0.25, 0.3) is 12.2 Å². The summed E-state index contributed by atoms with van der Waals surface area (Å²) in [5.41, 5.74) is 2.51. The molecule has 2 aromatic carbocycles. The van der Waals surface area contributed by atoms with Crippen LogP contribution in [0, 0.1) is 0 Å². The van der Waals surface area contributed by atoms with Gasteiger partial charge >= 0.3 is 0 Å². The smallest absolute Gasteiger partial charge is 0.0656 e. The molecule has 0 spiro atoms. The van der Waals surface area contributed by atoms with Gasteiger partial charge in [0.15, 0.2) is 0 Å². The summed E-state index contributed by atoms with van der Waals surface area (Å²) >= 11 is 0. The van der Waals surface area contributed by atoms with Crippen molar-refractivity contribution in [2.24, 2.45) is 0 Å². The number of rotatable bonds is 3. The first-order valence-electron chi connectivity index (χ1n) is 6.39. The van der Waals surface area contributed by atoms with Gasteiger partial charge in [0.25, 0.3) is 0 Å². The van der Waals surface area contributed by atoms with Crippen LogP contribution in [0.4, 0.5) is 0 Å². The summed E-state index contributed by atoms with van der Waals surface area (Å²) in [6.07, 6.45) is 4.33. The number of hydrogen-bond donors (Lipinski definition) is 0. The van der Waals surface area contributed by atoms with Gasteiger partial charge in [-0.15, -0.1) is 0 Å². The van der Waals surface area contributed by atoms with E-state index in [4.69, 9.17) is 0 Å². The topological polar surface area (TPSA) is 0 Å². The molecule has 0 aromatic heterocycles. The van der Waals surface area contributed by atoms with Crippen LogP contribution in [0.2, 0.25) is 19.6 Å². The molecule has 1 heteroatoms. The van der Waals surface area contributed by atoms with Crippen molar-refractivity contribution in [1.82, 2.24) is 0 Å². The molecule has 92 valence electrons. The molecule has 0 amide bonds. The first-order chi connectivity index (χ1) is 8.55. The van der Waals surface area contributed by atoms with Gasteiger partial charge in [-0.3, -0.25) is 0 Å². The van der Waals surface area contributed by atoms with Crippen LogP contribution in [-0.4, -0.2) is 8.07 Å². The second-order valence-electron chi connectivity index (χ2n) is 5.62. The highest BCUT2D eigenvalue weighted by atomic mass is 28.3. The van der Waals surface area contributed by atoms with E-state index in [-0.39, 0.29) is 0 Å². The van der Waals surface area contributed by atoms with Crippen LogP contribution in [0.5, 0.6) is 0 Å². The second kappa shape index (κ2) is 5.36. The third-order valence-electron chi connectivity index (χ3n) is 3.04. The summed E-state index contributed by atoms with van der Waals surface area (Å²) in [6.45, 7) is 7.13. The second-order valence-corrected chi connectivity index (χ2v) is 10.7. The first kappa shape index (κ1) is 12.8. The van der Waals surface area contributed by atoms with E-state index in [1.165, 1.54) is 16.3 Å². The average Bonchev–Trinajstić information content (AvgIpc) is 2.37. The Morgan fingerprint density at radius 3 is 1.67 bits per heavy atom. The fourth-order valence-corrected chi connectivity index (χ4v) is 3.02. The van der Waals surface area contributed by atoms with E-state index in [0.717, 1.165) is 0 Å². The van der Waals surface area contributed by atoms with Crippen molar-refractivity contribution in [1.29, 1.82) is 0 Å². The SMILES string of the molecule is C[Si](C)(C)c1ccc(/C=C\c2ccccc2)cc1. The van der Waals surface area contributed by atoms with E-state index < -0.39 is 8.07 Å². The molecule has 0 heterocycles. The highest BCUT2D eigenvalue weighted by Gasteiger charge is 2.15. The van der Waals surface area contributed by atoms with E-state index in [1.807, 2.05) is 6.07 Å². The molecule has 0 radical (unpaired) electrons. The Balaban J connectivity index is 2.14. The van der Waals surface area contributed by atoms with Crippen molar-refractivity contribution in [3.63, 3.8) is 0 Å². The van der Waals surface area contributed by atoms with Crippen LogP contribution >= 0.6 is 0 Å². The highest BCUT2D eigenvalue weighted by Crippen LogP contribution is 2.09. The van der Waals surface area contributed by atoms with Crippen LogP contribution < -0.4 is 5.19 Å². The lowest BCUT2D eigenvalue weighted by molar-refractivity contribution is 1.64. The standard InChI is InChI=1S/C17H20Si/c1-18(2,3)17-13-11-16(12-14-17)10-9-15-7-5-4-6-8-15/h4-14H,1-3H3/b10-9-. The van der Waals surface area contributed by atoms with Gasteiger partial charge in [-0.1, -0.05) is 91.6 Å². The van der Waals surface area contributed by atoms with Crippen LogP contribution in [-0.2, 0) is 0 Å². The molecule has 0 atom stereocenters. The summed E-state index contributed by atoms with van der Waals surface area (Å²) in [6, 6.07) is 19.4. The predicted molar refractivity (Wildman–Crippen MR) is 84.8 cm³/mol. The quantitative estimate of drug-likeness (QED) is 0.561. The van der Waals surface area contributed by atoms with Crippen molar-refractivity contribution in [2.75, 3.05) is 0 Å². The van der Waals surface area contributed by atoms with Gasteiger partial charge in [0.1, 0.15) is 0 Å². The maximum absolute atomic E-state index is 2.38. The molecular formula is C17H20Si. The monoisotopic (exact) mass is 252 g/mol. The molecule has 18 heavy (non-hydrogen) atoms. The Labute approximate surface area is 111 Å². The highest BCUT2D eigenvalue weighted by molar-refractivity contribution is 6.88. The van der Waals surface area contributed by atoms with E-state index >= 15 is 0 Å². The van der Waals surface area contributed by atoms with Crippen molar-refractivity contribution in [3.05, 3.63) is 65.7 Å². The van der Waals surface area contributed by atoms with Crippen LogP contribution in [0.3, 0.4) is 0 Å². The maximum atomic E-state index is 2.38.